The first-order valence-corrected chi connectivity index (χ1v) is 12.5. The maximum atomic E-state index is 13.0. The smallest absolute Gasteiger partial charge is 0.338 e. The Morgan fingerprint density at radius 1 is 0.605 bits per heavy atom. The fraction of sp³-hybridized carbons (Fsp3) is 0.267. The van der Waals surface area contributed by atoms with Crippen LogP contribution in [0.5, 0.6) is 0 Å². The zero-order chi connectivity index (χ0) is 27.1. The summed E-state index contributed by atoms with van der Waals surface area (Å²) in [5.74, 6) is -0.577. The number of nitrogens with zero attached hydrogens (tertiary/aromatic N) is 4. The molecule has 0 bridgehead atoms. The SMILES string of the molecule is CC(C)COC(=O)c1cc(-c2ccccn2)nc(-c2cc(C(=O)OCC(C)C)cc(-c3ccccn3)n2)c1. The van der Waals surface area contributed by atoms with Crippen molar-refractivity contribution in [2.24, 2.45) is 11.8 Å². The molecule has 4 aromatic rings. The molecule has 0 saturated carbocycles. The van der Waals surface area contributed by atoms with Crippen LogP contribution in [-0.4, -0.2) is 45.1 Å². The minimum absolute atomic E-state index is 0.187. The number of esters is 2. The number of hydrogen-bond acceptors (Lipinski definition) is 8. The van der Waals surface area contributed by atoms with Gasteiger partial charge in [0.15, 0.2) is 0 Å². The average Bonchev–Trinajstić information content (AvgIpc) is 2.95. The molecule has 4 rings (SSSR count). The van der Waals surface area contributed by atoms with E-state index in [0.29, 0.717) is 45.3 Å². The molecule has 0 aliphatic carbocycles. The van der Waals surface area contributed by atoms with Crippen molar-refractivity contribution in [1.29, 1.82) is 0 Å². The summed E-state index contributed by atoms with van der Waals surface area (Å²) in [6, 6.07) is 17.4. The molecule has 0 radical (unpaired) electrons. The number of ether oxygens (including phenoxy) is 2. The molecule has 0 spiro atoms. The van der Waals surface area contributed by atoms with Gasteiger partial charge in [0.2, 0.25) is 0 Å². The largest absolute Gasteiger partial charge is 0.462 e. The minimum Gasteiger partial charge on any atom is -0.462 e. The molecule has 194 valence electrons. The molecule has 0 amide bonds. The van der Waals surface area contributed by atoms with Crippen LogP contribution >= 0.6 is 0 Å². The predicted molar refractivity (Wildman–Crippen MR) is 144 cm³/mol. The lowest BCUT2D eigenvalue weighted by Gasteiger charge is -2.13. The van der Waals surface area contributed by atoms with Gasteiger partial charge in [0, 0.05) is 12.4 Å². The van der Waals surface area contributed by atoms with E-state index in [0.717, 1.165) is 0 Å². The third kappa shape index (κ3) is 6.85. The van der Waals surface area contributed by atoms with Gasteiger partial charge in [-0.3, -0.25) is 9.97 Å². The monoisotopic (exact) mass is 510 g/mol. The van der Waals surface area contributed by atoms with Crippen molar-refractivity contribution < 1.29 is 19.1 Å². The van der Waals surface area contributed by atoms with E-state index in [9.17, 15) is 9.59 Å². The van der Waals surface area contributed by atoms with E-state index in [-0.39, 0.29) is 25.0 Å². The van der Waals surface area contributed by atoms with Crippen molar-refractivity contribution in [3.63, 3.8) is 0 Å². The van der Waals surface area contributed by atoms with Gasteiger partial charge in [-0.05, 0) is 60.4 Å². The molecular weight excluding hydrogens is 480 g/mol. The zero-order valence-electron chi connectivity index (χ0n) is 21.9. The Kier molecular flexibility index (Phi) is 8.53. The van der Waals surface area contributed by atoms with E-state index in [1.54, 1.807) is 48.8 Å². The molecule has 8 heteroatoms. The van der Waals surface area contributed by atoms with Crippen LogP contribution in [0.3, 0.4) is 0 Å². The molecule has 4 aromatic heterocycles. The van der Waals surface area contributed by atoms with Crippen LogP contribution in [0, 0.1) is 11.8 Å². The lowest BCUT2D eigenvalue weighted by atomic mass is 10.1. The van der Waals surface area contributed by atoms with Crippen molar-refractivity contribution in [3.8, 4) is 34.2 Å². The van der Waals surface area contributed by atoms with Crippen molar-refractivity contribution in [2.45, 2.75) is 27.7 Å². The van der Waals surface area contributed by atoms with E-state index in [1.165, 1.54) is 0 Å². The van der Waals surface area contributed by atoms with Gasteiger partial charge in [0.1, 0.15) is 0 Å². The van der Waals surface area contributed by atoms with Crippen LogP contribution < -0.4 is 0 Å². The number of hydrogen-bond donors (Lipinski definition) is 0. The highest BCUT2D eigenvalue weighted by atomic mass is 16.5. The Hall–Kier alpha value is -4.46. The second-order valence-corrected chi connectivity index (χ2v) is 9.67. The van der Waals surface area contributed by atoms with Gasteiger partial charge in [-0.15, -0.1) is 0 Å². The third-order valence-corrected chi connectivity index (χ3v) is 5.33. The Bertz CT molecular complexity index is 1300. The Balaban J connectivity index is 1.85. The molecule has 0 aromatic carbocycles. The maximum Gasteiger partial charge on any atom is 0.338 e. The summed E-state index contributed by atoms with van der Waals surface area (Å²) in [6.07, 6.45) is 3.31. The highest BCUT2D eigenvalue weighted by Crippen LogP contribution is 2.27. The number of rotatable bonds is 9. The summed E-state index contributed by atoms with van der Waals surface area (Å²) in [7, 11) is 0. The molecule has 0 fully saturated rings. The van der Waals surface area contributed by atoms with Gasteiger partial charge in [0.05, 0.1) is 58.5 Å². The lowest BCUT2D eigenvalue weighted by molar-refractivity contribution is 0.0450. The van der Waals surface area contributed by atoms with Gasteiger partial charge in [-0.1, -0.05) is 39.8 Å². The molecule has 0 N–H and O–H groups in total. The molecule has 0 atom stereocenters. The van der Waals surface area contributed by atoms with Gasteiger partial charge in [-0.2, -0.15) is 0 Å². The summed E-state index contributed by atoms with van der Waals surface area (Å²) in [5.41, 5.74) is 3.53. The van der Waals surface area contributed by atoms with Crippen LogP contribution in [-0.2, 0) is 9.47 Å². The molecule has 0 unspecified atom stereocenters. The summed E-state index contributed by atoms with van der Waals surface area (Å²) >= 11 is 0. The normalized spacial score (nSPS) is 11.0. The average molecular weight is 511 g/mol. The fourth-order valence-electron chi connectivity index (χ4n) is 3.50. The number of carbonyl (C=O) groups excluding carboxylic acids is 2. The standard InChI is InChI=1S/C30H30N4O4/c1-19(2)17-37-29(35)21-13-25(23-9-5-7-11-31-23)33-27(15-21)28-16-22(30(36)38-18-20(3)4)14-26(34-28)24-10-6-8-12-32-24/h5-16,19-20H,17-18H2,1-4H3. The highest BCUT2D eigenvalue weighted by Gasteiger charge is 2.19. The highest BCUT2D eigenvalue weighted by molar-refractivity contribution is 5.94. The number of aromatic nitrogens is 4. The molecule has 0 aliphatic heterocycles. The fourth-order valence-corrected chi connectivity index (χ4v) is 3.50. The first-order valence-electron chi connectivity index (χ1n) is 12.5. The van der Waals surface area contributed by atoms with E-state index >= 15 is 0 Å². The first kappa shape index (κ1) is 26.6. The summed E-state index contributed by atoms with van der Waals surface area (Å²) < 4.78 is 11.0. The Morgan fingerprint density at radius 2 is 0.974 bits per heavy atom. The molecule has 38 heavy (non-hydrogen) atoms. The minimum atomic E-state index is -0.475. The maximum absolute atomic E-state index is 13.0. The first-order chi connectivity index (χ1) is 18.3. The second-order valence-electron chi connectivity index (χ2n) is 9.67. The molecule has 0 saturated heterocycles. The van der Waals surface area contributed by atoms with Gasteiger partial charge >= 0.3 is 11.9 Å². The van der Waals surface area contributed by atoms with Crippen molar-refractivity contribution in [3.05, 3.63) is 84.2 Å². The van der Waals surface area contributed by atoms with Gasteiger partial charge in [0.25, 0.3) is 0 Å². The van der Waals surface area contributed by atoms with Gasteiger partial charge < -0.3 is 9.47 Å². The van der Waals surface area contributed by atoms with Crippen LogP contribution in [0.15, 0.2) is 73.1 Å². The predicted octanol–water partition coefficient (Wildman–Crippen LogP) is 5.89. The summed E-state index contributed by atoms with van der Waals surface area (Å²) in [5, 5.41) is 0. The van der Waals surface area contributed by atoms with Crippen molar-refractivity contribution in [2.75, 3.05) is 13.2 Å². The van der Waals surface area contributed by atoms with Crippen molar-refractivity contribution >= 4 is 11.9 Å². The van der Waals surface area contributed by atoms with Crippen LogP contribution in [0.25, 0.3) is 34.2 Å². The summed E-state index contributed by atoms with van der Waals surface area (Å²) in [4.78, 5) is 44.2. The summed E-state index contributed by atoms with van der Waals surface area (Å²) in [6.45, 7) is 8.45. The van der Waals surface area contributed by atoms with Crippen LogP contribution in [0.2, 0.25) is 0 Å². The quantitative estimate of drug-likeness (QED) is 0.257. The Labute approximate surface area is 222 Å². The molecule has 0 aliphatic rings. The van der Waals surface area contributed by atoms with Crippen molar-refractivity contribution in [1.82, 2.24) is 19.9 Å². The number of carbonyl (C=O) groups is 2. The topological polar surface area (TPSA) is 104 Å². The van der Waals surface area contributed by atoms with Gasteiger partial charge in [-0.25, -0.2) is 19.6 Å². The van der Waals surface area contributed by atoms with Crippen LogP contribution in [0.4, 0.5) is 0 Å². The third-order valence-electron chi connectivity index (χ3n) is 5.33. The van der Waals surface area contributed by atoms with E-state index in [1.807, 2.05) is 52.0 Å². The number of pyridine rings is 4. The van der Waals surface area contributed by atoms with E-state index in [2.05, 4.69) is 9.97 Å². The van der Waals surface area contributed by atoms with Crippen LogP contribution in [0.1, 0.15) is 48.4 Å². The molecule has 8 nitrogen and oxygen atoms in total. The molecular formula is C30H30N4O4. The van der Waals surface area contributed by atoms with E-state index in [4.69, 9.17) is 19.4 Å². The Morgan fingerprint density at radius 3 is 1.29 bits per heavy atom. The second kappa shape index (κ2) is 12.2. The van der Waals surface area contributed by atoms with E-state index < -0.39 is 11.9 Å². The zero-order valence-corrected chi connectivity index (χ0v) is 21.9. The molecule has 4 heterocycles. The lowest BCUT2D eigenvalue weighted by Crippen LogP contribution is -2.12.